The van der Waals surface area contributed by atoms with Gasteiger partial charge in [0, 0.05) is 10.8 Å². The van der Waals surface area contributed by atoms with E-state index >= 15 is 0 Å². The smallest absolute Gasteiger partial charge is 0.181 e. The molecule has 0 unspecified atom stereocenters. The number of rotatable bonds is 3. The first-order chi connectivity index (χ1) is 11.5. The fraction of sp³-hybridized carbons (Fsp3) is 0. The summed E-state index contributed by atoms with van der Waals surface area (Å²) < 4.78 is 0. The van der Waals surface area contributed by atoms with Crippen molar-refractivity contribution in [2.45, 2.75) is 0 Å². The zero-order valence-electron chi connectivity index (χ0n) is 11.7. The third kappa shape index (κ3) is 2.94. The Kier molecular flexibility index (Phi) is 4.27. The standard InChI is InChI=1S/C14H8Cl2N4S4/c15-5-1-7(21-3-5)9-11(23-13(17)19-9)12-10(20-14(18)24-12)8-2-6(16)4-22-8/h1-4H,(H2,17,19)(H2,18,20). The Morgan fingerprint density at radius 3 is 1.50 bits per heavy atom. The van der Waals surface area contributed by atoms with Gasteiger partial charge in [-0.2, -0.15) is 0 Å². The summed E-state index contributed by atoms with van der Waals surface area (Å²) >= 11 is 18.0. The van der Waals surface area contributed by atoms with E-state index in [1.807, 2.05) is 22.9 Å². The Bertz CT molecular complexity index is 947. The van der Waals surface area contributed by atoms with Crippen molar-refractivity contribution in [3.8, 4) is 30.9 Å². The number of thiazole rings is 2. The van der Waals surface area contributed by atoms with E-state index in [1.165, 1.54) is 45.3 Å². The Morgan fingerprint density at radius 1 is 0.750 bits per heavy atom. The topological polar surface area (TPSA) is 77.8 Å². The summed E-state index contributed by atoms with van der Waals surface area (Å²) in [7, 11) is 0. The molecule has 24 heavy (non-hydrogen) atoms. The van der Waals surface area contributed by atoms with E-state index in [-0.39, 0.29) is 0 Å². The van der Waals surface area contributed by atoms with Crippen LogP contribution in [0.25, 0.3) is 30.9 Å². The third-order valence-corrected chi connectivity index (χ3v) is 7.60. The summed E-state index contributed by atoms with van der Waals surface area (Å²) in [6.45, 7) is 0. The zero-order valence-corrected chi connectivity index (χ0v) is 16.5. The molecule has 0 aliphatic heterocycles. The van der Waals surface area contributed by atoms with Gasteiger partial charge in [-0.3, -0.25) is 0 Å². The second-order valence-electron chi connectivity index (χ2n) is 4.72. The van der Waals surface area contributed by atoms with Gasteiger partial charge in [0.25, 0.3) is 0 Å². The van der Waals surface area contributed by atoms with Crippen LogP contribution in [-0.4, -0.2) is 9.97 Å². The Morgan fingerprint density at radius 2 is 1.17 bits per heavy atom. The van der Waals surface area contributed by atoms with Gasteiger partial charge in [-0.15, -0.1) is 22.7 Å². The van der Waals surface area contributed by atoms with Gasteiger partial charge < -0.3 is 11.5 Å². The van der Waals surface area contributed by atoms with Crippen molar-refractivity contribution in [2.75, 3.05) is 11.5 Å². The van der Waals surface area contributed by atoms with Gasteiger partial charge in [-0.25, -0.2) is 9.97 Å². The van der Waals surface area contributed by atoms with Gasteiger partial charge in [0.15, 0.2) is 10.3 Å². The molecule has 0 aliphatic carbocycles. The number of thiophene rings is 2. The van der Waals surface area contributed by atoms with Crippen molar-refractivity contribution in [3.05, 3.63) is 32.9 Å². The minimum absolute atomic E-state index is 0.492. The number of nitrogens with two attached hydrogens (primary N) is 2. The number of hydrogen-bond acceptors (Lipinski definition) is 8. The Hall–Kier alpha value is -1.16. The maximum Gasteiger partial charge on any atom is 0.181 e. The van der Waals surface area contributed by atoms with Gasteiger partial charge in [0.1, 0.15) is 11.4 Å². The van der Waals surface area contributed by atoms with E-state index in [4.69, 9.17) is 34.7 Å². The largest absolute Gasteiger partial charge is 0.375 e. The Labute approximate surface area is 163 Å². The summed E-state index contributed by atoms with van der Waals surface area (Å²) in [4.78, 5) is 12.8. The summed E-state index contributed by atoms with van der Waals surface area (Å²) in [5.74, 6) is 0. The number of aromatic nitrogens is 2. The molecule has 0 aromatic carbocycles. The van der Waals surface area contributed by atoms with E-state index in [9.17, 15) is 0 Å². The van der Waals surface area contributed by atoms with Crippen LogP contribution in [0.15, 0.2) is 22.9 Å². The van der Waals surface area contributed by atoms with Crippen molar-refractivity contribution in [1.82, 2.24) is 9.97 Å². The monoisotopic (exact) mass is 430 g/mol. The molecule has 10 heteroatoms. The summed E-state index contributed by atoms with van der Waals surface area (Å²) in [6, 6.07) is 3.77. The predicted molar refractivity (Wildman–Crippen MR) is 109 cm³/mol. The summed E-state index contributed by atoms with van der Waals surface area (Å²) in [5, 5.41) is 6.09. The second kappa shape index (κ2) is 6.29. The molecule has 0 bridgehead atoms. The van der Waals surface area contributed by atoms with E-state index < -0.39 is 0 Å². The quantitative estimate of drug-likeness (QED) is 0.405. The molecule has 4 N–H and O–H groups in total. The normalized spacial score (nSPS) is 11.2. The van der Waals surface area contributed by atoms with Crippen molar-refractivity contribution in [2.24, 2.45) is 0 Å². The first-order valence-electron chi connectivity index (χ1n) is 6.53. The SMILES string of the molecule is Nc1nc(-c2cc(Cl)cs2)c(-c2sc(N)nc2-c2cc(Cl)cs2)s1. The molecule has 4 aromatic heterocycles. The molecule has 0 saturated carbocycles. The van der Waals surface area contributed by atoms with Crippen LogP contribution in [0.3, 0.4) is 0 Å². The van der Waals surface area contributed by atoms with Crippen LogP contribution in [0.2, 0.25) is 10.0 Å². The molecule has 0 radical (unpaired) electrons. The molecule has 4 heterocycles. The van der Waals surface area contributed by atoms with Crippen LogP contribution >= 0.6 is 68.5 Å². The number of hydrogen-bond donors (Lipinski definition) is 2. The molecular formula is C14H8Cl2N4S4. The lowest BCUT2D eigenvalue weighted by molar-refractivity contribution is 1.42. The van der Waals surface area contributed by atoms with Crippen molar-refractivity contribution < 1.29 is 0 Å². The highest BCUT2D eigenvalue weighted by molar-refractivity contribution is 7.26. The molecule has 4 aromatic rings. The molecule has 4 rings (SSSR count). The van der Waals surface area contributed by atoms with E-state index in [0.717, 1.165) is 30.9 Å². The molecule has 0 amide bonds. The highest BCUT2D eigenvalue weighted by atomic mass is 35.5. The number of nitrogens with zero attached hydrogens (tertiary/aromatic N) is 2. The molecule has 4 nitrogen and oxygen atoms in total. The lowest BCUT2D eigenvalue weighted by Crippen LogP contribution is -1.83. The van der Waals surface area contributed by atoms with E-state index in [2.05, 4.69) is 9.97 Å². The maximum absolute atomic E-state index is 6.06. The van der Waals surface area contributed by atoms with Crippen LogP contribution in [0.1, 0.15) is 0 Å². The van der Waals surface area contributed by atoms with Crippen LogP contribution in [0.4, 0.5) is 10.3 Å². The highest BCUT2D eigenvalue weighted by Gasteiger charge is 2.22. The lowest BCUT2D eigenvalue weighted by Gasteiger charge is -2.00. The fourth-order valence-corrected chi connectivity index (χ4v) is 6.28. The maximum atomic E-state index is 6.06. The molecular weight excluding hydrogens is 423 g/mol. The van der Waals surface area contributed by atoms with Gasteiger partial charge in [-0.05, 0) is 12.1 Å². The van der Waals surface area contributed by atoms with Crippen molar-refractivity contribution in [1.29, 1.82) is 0 Å². The minimum atomic E-state index is 0.492. The van der Waals surface area contributed by atoms with E-state index in [0.29, 0.717) is 20.3 Å². The van der Waals surface area contributed by atoms with Crippen LogP contribution in [0.5, 0.6) is 0 Å². The zero-order chi connectivity index (χ0) is 16.8. The number of halogens is 2. The van der Waals surface area contributed by atoms with Crippen LogP contribution in [-0.2, 0) is 0 Å². The predicted octanol–water partition coefficient (Wildman–Crippen LogP) is 6.19. The van der Waals surface area contributed by atoms with Crippen LogP contribution in [0, 0.1) is 0 Å². The van der Waals surface area contributed by atoms with Crippen molar-refractivity contribution in [3.63, 3.8) is 0 Å². The third-order valence-electron chi connectivity index (χ3n) is 3.10. The number of nitrogen functional groups attached to an aromatic ring is 2. The minimum Gasteiger partial charge on any atom is -0.375 e. The van der Waals surface area contributed by atoms with Gasteiger partial charge in [0.05, 0.1) is 29.6 Å². The fourth-order valence-electron chi connectivity index (χ4n) is 2.19. The molecule has 0 spiro atoms. The number of anilines is 2. The average Bonchev–Trinajstić information content (AvgIpc) is 3.26. The molecule has 0 saturated heterocycles. The van der Waals surface area contributed by atoms with Gasteiger partial charge in [-0.1, -0.05) is 45.9 Å². The highest BCUT2D eigenvalue weighted by Crippen LogP contribution is 2.48. The first-order valence-corrected chi connectivity index (χ1v) is 10.7. The second-order valence-corrected chi connectivity index (χ2v) is 9.47. The van der Waals surface area contributed by atoms with Gasteiger partial charge >= 0.3 is 0 Å². The lowest BCUT2D eigenvalue weighted by atomic mass is 10.2. The van der Waals surface area contributed by atoms with Crippen LogP contribution < -0.4 is 11.5 Å². The molecule has 0 aliphatic rings. The molecule has 122 valence electrons. The molecule has 0 fully saturated rings. The Balaban J connectivity index is 1.92. The summed E-state index contributed by atoms with van der Waals surface area (Å²) in [5.41, 5.74) is 13.6. The van der Waals surface area contributed by atoms with Crippen molar-refractivity contribution >= 4 is 78.8 Å². The summed E-state index contributed by atoms with van der Waals surface area (Å²) in [6.07, 6.45) is 0. The van der Waals surface area contributed by atoms with E-state index in [1.54, 1.807) is 0 Å². The first kappa shape index (κ1) is 16.3. The average molecular weight is 431 g/mol. The molecule has 0 atom stereocenters. The van der Waals surface area contributed by atoms with Gasteiger partial charge in [0.2, 0.25) is 0 Å².